The van der Waals surface area contributed by atoms with Crippen molar-refractivity contribution >= 4 is 6.16 Å². The maximum Gasteiger partial charge on any atom is 0.511 e. The molecular weight excluding hydrogens is 164 g/mol. The van der Waals surface area contributed by atoms with Gasteiger partial charge in [-0.1, -0.05) is 0 Å². The summed E-state index contributed by atoms with van der Waals surface area (Å²) >= 11 is 0. The molecule has 0 saturated carbocycles. The molecule has 5 nitrogen and oxygen atoms in total. The number of hydrogen-bond donors (Lipinski definition) is 1. The third-order valence-corrected chi connectivity index (χ3v) is 0.800. The first-order chi connectivity index (χ1) is 5.35. The van der Waals surface area contributed by atoms with E-state index < -0.39 is 18.0 Å². The Bertz CT molecular complexity index is 148. The van der Waals surface area contributed by atoms with Crippen molar-refractivity contribution in [1.82, 2.24) is 0 Å². The van der Waals surface area contributed by atoms with E-state index in [0.717, 1.165) is 0 Å². The number of carbonyl (C=O) groups excluding carboxylic acids is 1. The van der Waals surface area contributed by atoms with Crippen molar-refractivity contribution in [1.29, 1.82) is 0 Å². The second-order valence-corrected chi connectivity index (χ2v) is 3.26. The molecule has 1 atom stereocenters. The van der Waals surface area contributed by atoms with Gasteiger partial charge in [0.25, 0.3) is 0 Å². The molecule has 0 radical (unpaired) electrons. The maximum absolute atomic E-state index is 10.8. The summed E-state index contributed by atoms with van der Waals surface area (Å²) in [5.41, 5.74) is -0.605. The summed E-state index contributed by atoms with van der Waals surface area (Å²) in [6, 6.07) is 0. The van der Waals surface area contributed by atoms with E-state index in [1.54, 1.807) is 20.8 Å². The van der Waals surface area contributed by atoms with Crippen LogP contribution in [0.3, 0.4) is 0 Å². The SMILES string of the molecule is CC(OO)OC(=O)OC(C)(C)C. The van der Waals surface area contributed by atoms with Crippen molar-refractivity contribution in [2.45, 2.75) is 39.6 Å². The molecule has 1 unspecified atom stereocenters. The van der Waals surface area contributed by atoms with Crippen LogP contribution in [0.25, 0.3) is 0 Å². The molecule has 0 heterocycles. The van der Waals surface area contributed by atoms with Crippen LogP contribution < -0.4 is 0 Å². The first-order valence-electron chi connectivity index (χ1n) is 3.55. The monoisotopic (exact) mass is 178 g/mol. The fourth-order valence-corrected chi connectivity index (χ4v) is 0.431. The van der Waals surface area contributed by atoms with Crippen molar-refractivity contribution in [3.63, 3.8) is 0 Å². The van der Waals surface area contributed by atoms with Crippen molar-refractivity contribution < 1.29 is 24.4 Å². The number of ether oxygens (including phenoxy) is 2. The van der Waals surface area contributed by atoms with E-state index in [1.165, 1.54) is 6.92 Å². The van der Waals surface area contributed by atoms with Crippen LogP contribution in [0, 0.1) is 0 Å². The number of hydrogen-bond acceptors (Lipinski definition) is 5. The topological polar surface area (TPSA) is 65.0 Å². The summed E-state index contributed by atoms with van der Waals surface area (Å²) in [5, 5.41) is 8.05. The molecule has 0 bridgehead atoms. The lowest BCUT2D eigenvalue weighted by molar-refractivity contribution is -0.329. The van der Waals surface area contributed by atoms with Gasteiger partial charge >= 0.3 is 6.16 Å². The van der Waals surface area contributed by atoms with E-state index in [0.29, 0.717) is 0 Å². The van der Waals surface area contributed by atoms with Gasteiger partial charge in [-0.2, -0.15) is 4.89 Å². The molecule has 0 aromatic carbocycles. The van der Waals surface area contributed by atoms with E-state index in [4.69, 9.17) is 9.99 Å². The average molecular weight is 178 g/mol. The highest BCUT2D eigenvalue weighted by Crippen LogP contribution is 2.08. The smallest absolute Gasteiger partial charge is 0.429 e. The number of rotatable bonds is 2. The highest BCUT2D eigenvalue weighted by molar-refractivity contribution is 5.60. The van der Waals surface area contributed by atoms with Gasteiger partial charge in [0.15, 0.2) is 0 Å². The minimum Gasteiger partial charge on any atom is -0.429 e. The summed E-state index contributed by atoms with van der Waals surface area (Å²) in [6.45, 7) is 6.49. The van der Waals surface area contributed by atoms with E-state index in [2.05, 4.69) is 9.62 Å². The van der Waals surface area contributed by atoms with Crippen LogP contribution in [0.1, 0.15) is 27.7 Å². The Labute approximate surface area is 71.2 Å². The maximum atomic E-state index is 10.8. The van der Waals surface area contributed by atoms with Crippen molar-refractivity contribution in [2.24, 2.45) is 0 Å². The first kappa shape index (κ1) is 11.2. The molecule has 1 N–H and O–H groups in total. The third-order valence-electron chi connectivity index (χ3n) is 0.800. The Balaban J connectivity index is 3.75. The predicted octanol–water partition coefficient (Wildman–Crippen LogP) is 1.77. The van der Waals surface area contributed by atoms with Crippen LogP contribution in [0.2, 0.25) is 0 Å². The third kappa shape index (κ3) is 5.94. The highest BCUT2D eigenvalue weighted by atomic mass is 17.1. The van der Waals surface area contributed by atoms with Crippen LogP contribution >= 0.6 is 0 Å². The molecule has 0 saturated heterocycles. The van der Waals surface area contributed by atoms with Gasteiger partial charge < -0.3 is 9.47 Å². The van der Waals surface area contributed by atoms with Gasteiger partial charge in [0, 0.05) is 6.92 Å². The summed E-state index contributed by atoms with van der Waals surface area (Å²) in [6.07, 6.45) is -1.89. The van der Waals surface area contributed by atoms with Gasteiger partial charge in [-0.05, 0) is 20.8 Å². The van der Waals surface area contributed by atoms with Crippen LogP contribution in [-0.4, -0.2) is 23.3 Å². The quantitative estimate of drug-likeness (QED) is 0.302. The van der Waals surface area contributed by atoms with Gasteiger partial charge in [-0.3, -0.25) is 0 Å². The van der Waals surface area contributed by atoms with Gasteiger partial charge in [0.1, 0.15) is 5.60 Å². The molecule has 0 aromatic rings. The Hall–Kier alpha value is -0.810. The van der Waals surface area contributed by atoms with Crippen LogP contribution in [-0.2, 0) is 14.4 Å². The molecule has 5 heteroatoms. The zero-order valence-electron chi connectivity index (χ0n) is 7.66. The first-order valence-corrected chi connectivity index (χ1v) is 3.55. The predicted molar refractivity (Wildman–Crippen MR) is 40.5 cm³/mol. The molecular formula is C7H14O5. The second-order valence-electron chi connectivity index (χ2n) is 3.26. The van der Waals surface area contributed by atoms with Crippen LogP contribution in [0.15, 0.2) is 0 Å². The molecule has 0 spiro atoms. The molecule has 0 aliphatic heterocycles. The molecule has 0 rings (SSSR count). The van der Waals surface area contributed by atoms with Crippen molar-refractivity contribution in [3.8, 4) is 0 Å². The van der Waals surface area contributed by atoms with Crippen LogP contribution in [0.4, 0.5) is 4.79 Å². The minimum absolute atomic E-state index is 0.605. The lowest BCUT2D eigenvalue weighted by atomic mass is 10.2. The summed E-state index contributed by atoms with van der Waals surface area (Å²) in [7, 11) is 0. The fourth-order valence-electron chi connectivity index (χ4n) is 0.431. The van der Waals surface area contributed by atoms with Gasteiger partial charge in [-0.25, -0.2) is 10.1 Å². The fraction of sp³-hybridized carbons (Fsp3) is 0.857. The molecule has 0 aliphatic rings. The summed E-state index contributed by atoms with van der Waals surface area (Å²) in [4.78, 5) is 14.5. The molecule has 12 heavy (non-hydrogen) atoms. The van der Waals surface area contributed by atoms with E-state index >= 15 is 0 Å². The van der Waals surface area contributed by atoms with E-state index in [-0.39, 0.29) is 0 Å². The van der Waals surface area contributed by atoms with Gasteiger partial charge in [0.05, 0.1) is 0 Å². The Morgan fingerprint density at radius 3 is 2.25 bits per heavy atom. The molecule has 0 amide bonds. The molecule has 0 aromatic heterocycles. The Kier molecular flexibility index (Phi) is 3.99. The summed E-state index contributed by atoms with van der Waals surface area (Å²) < 4.78 is 9.20. The van der Waals surface area contributed by atoms with Gasteiger partial charge in [-0.15, -0.1) is 0 Å². The molecule has 0 aliphatic carbocycles. The lowest BCUT2D eigenvalue weighted by Crippen LogP contribution is -2.27. The largest absolute Gasteiger partial charge is 0.511 e. The standard InChI is InChI=1S/C7H14O5/c1-5(12-9)10-6(8)11-7(2,3)4/h5,9H,1-4H3. The zero-order valence-corrected chi connectivity index (χ0v) is 7.66. The molecule has 72 valence electrons. The lowest BCUT2D eigenvalue weighted by Gasteiger charge is -2.19. The highest BCUT2D eigenvalue weighted by Gasteiger charge is 2.19. The Morgan fingerprint density at radius 2 is 1.92 bits per heavy atom. The number of carbonyl (C=O) groups is 1. The summed E-state index contributed by atoms with van der Waals surface area (Å²) in [5.74, 6) is 0. The second kappa shape index (κ2) is 4.27. The van der Waals surface area contributed by atoms with E-state index in [1.807, 2.05) is 0 Å². The van der Waals surface area contributed by atoms with Crippen molar-refractivity contribution in [2.75, 3.05) is 0 Å². The average Bonchev–Trinajstić information content (AvgIpc) is 1.82. The minimum atomic E-state index is -1.01. The molecule has 0 fully saturated rings. The van der Waals surface area contributed by atoms with E-state index in [9.17, 15) is 4.79 Å². The van der Waals surface area contributed by atoms with Gasteiger partial charge in [0.2, 0.25) is 6.29 Å². The van der Waals surface area contributed by atoms with Crippen LogP contribution in [0.5, 0.6) is 0 Å². The Morgan fingerprint density at radius 1 is 1.42 bits per heavy atom. The van der Waals surface area contributed by atoms with Crippen molar-refractivity contribution in [3.05, 3.63) is 0 Å². The zero-order chi connectivity index (χ0) is 9.78. The normalized spacial score (nSPS) is 13.8.